The first-order valence-corrected chi connectivity index (χ1v) is 18.3. The van der Waals surface area contributed by atoms with Gasteiger partial charge in [0, 0.05) is 43.7 Å². The summed E-state index contributed by atoms with van der Waals surface area (Å²) >= 11 is 0. The number of rotatable bonds is 4. The van der Waals surface area contributed by atoms with Gasteiger partial charge in [0.25, 0.3) is 0 Å². The molecule has 0 atom stereocenters. The summed E-state index contributed by atoms with van der Waals surface area (Å²) < 4.78 is 17.4. The zero-order chi connectivity index (χ0) is 35.3. The summed E-state index contributed by atoms with van der Waals surface area (Å²) in [5, 5.41) is 8.19. The standard InChI is InChI=1S/C50H30N2O2/c1-2-10-35(11-3-1)52-44-16-8-5-14-40(44)49-42-29-32(22-27-47(42)54-50(49)52)31-18-23-36(24-19-31)51-43-15-7-4-12-37(43)41-28-33(21-26-45(41)51)34-20-25-39-38-13-6-9-17-46(38)53-48(39)30-34/h1-30H. The Labute approximate surface area is 309 Å². The molecule has 4 aromatic heterocycles. The van der Waals surface area contributed by atoms with Gasteiger partial charge in [0.05, 0.1) is 21.9 Å². The number of hydrogen-bond donors (Lipinski definition) is 0. The topological polar surface area (TPSA) is 36.1 Å². The summed E-state index contributed by atoms with van der Waals surface area (Å²) in [4.78, 5) is 0. The van der Waals surface area contributed by atoms with Crippen molar-refractivity contribution in [2.24, 2.45) is 0 Å². The van der Waals surface area contributed by atoms with Gasteiger partial charge in [-0.1, -0.05) is 103 Å². The van der Waals surface area contributed by atoms with E-state index in [0.29, 0.717) is 0 Å². The van der Waals surface area contributed by atoms with Crippen LogP contribution in [0.25, 0.3) is 110 Å². The molecule has 0 saturated carbocycles. The average Bonchev–Trinajstić information content (AvgIpc) is 3.97. The Morgan fingerprint density at radius 3 is 1.70 bits per heavy atom. The van der Waals surface area contributed by atoms with Crippen LogP contribution in [-0.2, 0) is 0 Å². The quantitative estimate of drug-likeness (QED) is 0.184. The molecule has 0 radical (unpaired) electrons. The molecule has 4 heteroatoms. The highest BCUT2D eigenvalue weighted by atomic mass is 16.3. The molecular formula is C50H30N2O2. The summed E-state index contributed by atoms with van der Waals surface area (Å²) in [5.41, 5.74) is 13.9. The molecule has 0 fully saturated rings. The summed E-state index contributed by atoms with van der Waals surface area (Å²) in [6, 6.07) is 64.8. The molecule has 0 bridgehead atoms. The second kappa shape index (κ2) is 11.1. The van der Waals surface area contributed by atoms with Crippen LogP contribution in [0.2, 0.25) is 0 Å². The van der Waals surface area contributed by atoms with Crippen molar-refractivity contribution in [2.75, 3.05) is 0 Å². The van der Waals surface area contributed by atoms with Crippen LogP contribution in [0.1, 0.15) is 0 Å². The predicted molar refractivity (Wildman–Crippen MR) is 223 cm³/mol. The van der Waals surface area contributed by atoms with Crippen LogP contribution in [-0.4, -0.2) is 9.13 Å². The van der Waals surface area contributed by atoms with Crippen molar-refractivity contribution in [1.82, 2.24) is 9.13 Å². The molecule has 4 heterocycles. The highest BCUT2D eigenvalue weighted by Gasteiger charge is 2.20. The Morgan fingerprint density at radius 1 is 0.296 bits per heavy atom. The van der Waals surface area contributed by atoms with Crippen molar-refractivity contribution >= 4 is 76.7 Å². The lowest BCUT2D eigenvalue weighted by Gasteiger charge is -2.10. The highest BCUT2D eigenvalue weighted by Crippen LogP contribution is 2.41. The van der Waals surface area contributed by atoms with E-state index in [1.54, 1.807) is 0 Å². The molecule has 8 aromatic carbocycles. The average molecular weight is 691 g/mol. The van der Waals surface area contributed by atoms with E-state index >= 15 is 0 Å². The largest absolute Gasteiger partial charge is 0.456 e. The van der Waals surface area contributed by atoms with E-state index in [1.165, 1.54) is 32.8 Å². The van der Waals surface area contributed by atoms with Gasteiger partial charge in [-0.05, 0) is 101 Å². The minimum Gasteiger partial charge on any atom is -0.456 e. The van der Waals surface area contributed by atoms with Gasteiger partial charge >= 0.3 is 0 Å². The predicted octanol–water partition coefficient (Wildman–Crippen LogP) is 13.9. The second-order valence-electron chi connectivity index (χ2n) is 14.1. The van der Waals surface area contributed by atoms with E-state index in [2.05, 4.69) is 173 Å². The molecule has 0 unspecified atom stereocenters. The Hall–Kier alpha value is -7.30. The molecule has 0 aliphatic heterocycles. The van der Waals surface area contributed by atoms with E-state index in [-0.39, 0.29) is 0 Å². The molecule has 0 saturated heterocycles. The molecule has 0 amide bonds. The summed E-state index contributed by atoms with van der Waals surface area (Å²) in [6.07, 6.45) is 0. The molecule has 252 valence electrons. The number of hydrogen-bond acceptors (Lipinski definition) is 2. The minimum absolute atomic E-state index is 0.870. The van der Waals surface area contributed by atoms with Crippen LogP contribution in [0, 0.1) is 0 Å². The Bertz CT molecular complexity index is 3430. The zero-order valence-electron chi connectivity index (χ0n) is 29.0. The lowest BCUT2D eigenvalue weighted by atomic mass is 10.0. The minimum atomic E-state index is 0.870. The van der Waals surface area contributed by atoms with Crippen LogP contribution in [0.5, 0.6) is 0 Å². The first-order valence-electron chi connectivity index (χ1n) is 18.3. The van der Waals surface area contributed by atoms with Gasteiger partial charge in [-0.25, -0.2) is 0 Å². The number of aromatic nitrogens is 2. The van der Waals surface area contributed by atoms with Gasteiger partial charge in [-0.2, -0.15) is 0 Å². The van der Waals surface area contributed by atoms with Crippen LogP contribution in [0.4, 0.5) is 0 Å². The number of fused-ring (bicyclic) bond motifs is 11. The first-order chi connectivity index (χ1) is 26.8. The number of benzene rings is 8. The van der Waals surface area contributed by atoms with E-state index in [4.69, 9.17) is 8.83 Å². The maximum atomic E-state index is 6.59. The van der Waals surface area contributed by atoms with E-state index in [1.807, 2.05) is 18.2 Å². The van der Waals surface area contributed by atoms with Crippen LogP contribution in [0.15, 0.2) is 191 Å². The molecule has 0 aliphatic rings. The van der Waals surface area contributed by atoms with Crippen LogP contribution < -0.4 is 0 Å². The summed E-state index contributed by atoms with van der Waals surface area (Å²) in [5.74, 6) is 0. The van der Waals surface area contributed by atoms with Crippen molar-refractivity contribution in [3.05, 3.63) is 182 Å². The van der Waals surface area contributed by atoms with Gasteiger partial charge in [0.1, 0.15) is 16.7 Å². The Kier molecular flexibility index (Phi) is 6.02. The monoisotopic (exact) mass is 690 g/mol. The lowest BCUT2D eigenvalue weighted by Crippen LogP contribution is -1.93. The summed E-state index contributed by atoms with van der Waals surface area (Å²) in [7, 11) is 0. The Balaban J connectivity index is 0.955. The maximum absolute atomic E-state index is 6.59. The van der Waals surface area contributed by atoms with Gasteiger partial charge < -0.3 is 13.4 Å². The summed E-state index contributed by atoms with van der Waals surface area (Å²) in [6.45, 7) is 0. The molecular weight excluding hydrogens is 661 g/mol. The zero-order valence-corrected chi connectivity index (χ0v) is 29.0. The van der Waals surface area contributed by atoms with Crippen LogP contribution in [0.3, 0.4) is 0 Å². The fraction of sp³-hybridized carbons (Fsp3) is 0. The van der Waals surface area contributed by atoms with Crippen molar-refractivity contribution in [3.8, 4) is 33.6 Å². The first kappa shape index (κ1) is 29.3. The number of para-hydroxylation sites is 4. The smallest absolute Gasteiger partial charge is 0.213 e. The Morgan fingerprint density at radius 2 is 0.852 bits per heavy atom. The van der Waals surface area contributed by atoms with Gasteiger partial charge in [-0.3, -0.25) is 4.57 Å². The maximum Gasteiger partial charge on any atom is 0.213 e. The third kappa shape index (κ3) is 4.19. The van der Waals surface area contributed by atoms with E-state index < -0.39 is 0 Å². The lowest BCUT2D eigenvalue weighted by molar-refractivity contribution is 0.645. The molecule has 54 heavy (non-hydrogen) atoms. The van der Waals surface area contributed by atoms with E-state index in [0.717, 1.165) is 77.6 Å². The third-order valence-electron chi connectivity index (χ3n) is 11.1. The molecule has 0 spiro atoms. The molecule has 12 rings (SSSR count). The van der Waals surface area contributed by atoms with Crippen molar-refractivity contribution in [3.63, 3.8) is 0 Å². The SMILES string of the molecule is c1ccc(-n2c3ccccc3c3c4cc(-c5ccc(-n6c7ccccc7c7cc(-c8ccc9c(c8)oc8ccccc89)ccc76)cc5)ccc4oc32)cc1. The molecule has 12 aromatic rings. The van der Waals surface area contributed by atoms with Crippen LogP contribution >= 0.6 is 0 Å². The van der Waals surface area contributed by atoms with E-state index in [9.17, 15) is 0 Å². The normalized spacial score (nSPS) is 12.1. The van der Waals surface area contributed by atoms with Gasteiger partial charge in [-0.15, -0.1) is 0 Å². The van der Waals surface area contributed by atoms with Crippen molar-refractivity contribution in [2.45, 2.75) is 0 Å². The van der Waals surface area contributed by atoms with Crippen molar-refractivity contribution in [1.29, 1.82) is 0 Å². The molecule has 0 N–H and O–H groups in total. The van der Waals surface area contributed by atoms with Gasteiger partial charge in [0.2, 0.25) is 5.71 Å². The second-order valence-corrected chi connectivity index (χ2v) is 14.1. The van der Waals surface area contributed by atoms with Gasteiger partial charge in [0.15, 0.2) is 0 Å². The number of furan rings is 2. The highest BCUT2D eigenvalue weighted by molar-refractivity contribution is 6.20. The fourth-order valence-electron chi connectivity index (χ4n) is 8.64. The number of nitrogens with zero attached hydrogens (tertiary/aromatic N) is 2. The molecule has 4 nitrogen and oxygen atoms in total. The fourth-order valence-corrected chi connectivity index (χ4v) is 8.64. The third-order valence-corrected chi connectivity index (χ3v) is 11.1. The molecule has 0 aliphatic carbocycles. The van der Waals surface area contributed by atoms with Crippen molar-refractivity contribution < 1.29 is 8.83 Å².